The van der Waals surface area contributed by atoms with Crippen molar-refractivity contribution in [2.45, 2.75) is 46.1 Å². The number of aliphatic hydroxyl groups excluding tert-OH is 4. The summed E-state index contributed by atoms with van der Waals surface area (Å²) < 4.78 is 0. The van der Waals surface area contributed by atoms with Crippen LogP contribution in [0.4, 0.5) is 0 Å². The van der Waals surface area contributed by atoms with E-state index in [-0.39, 0.29) is 25.2 Å². The maximum absolute atomic E-state index is 8.82. The van der Waals surface area contributed by atoms with E-state index in [0.717, 1.165) is 12.8 Å². The van der Waals surface area contributed by atoms with Gasteiger partial charge in [-0.1, -0.05) is 20.8 Å². The molecule has 15 heavy (non-hydrogen) atoms. The van der Waals surface area contributed by atoms with Crippen LogP contribution in [0.3, 0.4) is 0 Å². The minimum absolute atomic E-state index is 0.0938. The summed E-state index contributed by atoms with van der Waals surface area (Å²) in [5, 5.41) is 34.1. The SMILES string of the molecule is CCC(CC)(CO)CO.CCC(O)CO. The van der Waals surface area contributed by atoms with E-state index in [9.17, 15) is 0 Å². The quantitative estimate of drug-likeness (QED) is 0.528. The molecule has 0 aromatic rings. The predicted molar refractivity (Wildman–Crippen MR) is 60.6 cm³/mol. The molecule has 0 aliphatic heterocycles. The van der Waals surface area contributed by atoms with Gasteiger partial charge >= 0.3 is 0 Å². The second-order valence-electron chi connectivity index (χ2n) is 3.77. The van der Waals surface area contributed by atoms with Gasteiger partial charge in [0.1, 0.15) is 0 Å². The Balaban J connectivity index is 0. The molecule has 0 aromatic carbocycles. The van der Waals surface area contributed by atoms with Gasteiger partial charge in [-0.15, -0.1) is 0 Å². The van der Waals surface area contributed by atoms with Crippen LogP contribution in [0.25, 0.3) is 0 Å². The van der Waals surface area contributed by atoms with Crippen LogP contribution in [0.2, 0.25) is 0 Å². The van der Waals surface area contributed by atoms with Crippen molar-refractivity contribution in [3.8, 4) is 0 Å². The van der Waals surface area contributed by atoms with Crippen molar-refractivity contribution in [3.63, 3.8) is 0 Å². The fourth-order valence-corrected chi connectivity index (χ4v) is 0.876. The van der Waals surface area contributed by atoms with Gasteiger partial charge in [0.25, 0.3) is 0 Å². The molecular weight excluding hydrogens is 196 g/mol. The first-order chi connectivity index (χ1) is 7.05. The Morgan fingerprint density at radius 1 is 0.933 bits per heavy atom. The van der Waals surface area contributed by atoms with E-state index in [2.05, 4.69) is 0 Å². The van der Waals surface area contributed by atoms with Gasteiger partial charge in [-0.3, -0.25) is 0 Å². The average Bonchev–Trinajstić information content (AvgIpc) is 2.32. The fraction of sp³-hybridized carbons (Fsp3) is 1.00. The van der Waals surface area contributed by atoms with Gasteiger partial charge in [0.2, 0.25) is 0 Å². The van der Waals surface area contributed by atoms with Gasteiger partial charge < -0.3 is 20.4 Å². The molecule has 4 N–H and O–H groups in total. The highest BCUT2D eigenvalue weighted by atomic mass is 16.3. The maximum atomic E-state index is 8.82. The minimum Gasteiger partial charge on any atom is -0.396 e. The topological polar surface area (TPSA) is 80.9 Å². The summed E-state index contributed by atoms with van der Waals surface area (Å²) in [5.41, 5.74) is -0.222. The van der Waals surface area contributed by atoms with Crippen LogP contribution >= 0.6 is 0 Å². The zero-order valence-corrected chi connectivity index (χ0v) is 10.1. The van der Waals surface area contributed by atoms with Crippen LogP contribution in [0.1, 0.15) is 40.0 Å². The molecule has 1 atom stereocenters. The van der Waals surface area contributed by atoms with Crippen molar-refractivity contribution in [2.75, 3.05) is 19.8 Å². The fourth-order valence-electron chi connectivity index (χ4n) is 0.876. The van der Waals surface area contributed by atoms with Gasteiger partial charge in [-0.25, -0.2) is 0 Å². The molecule has 0 amide bonds. The normalized spacial score (nSPS) is 13.0. The Morgan fingerprint density at radius 3 is 1.33 bits per heavy atom. The number of hydrogen-bond donors (Lipinski definition) is 4. The molecule has 0 aliphatic carbocycles. The molecule has 1 unspecified atom stereocenters. The van der Waals surface area contributed by atoms with Crippen molar-refractivity contribution in [1.29, 1.82) is 0 Å². The monoisotopic (exact) mass is 222 g/mol. The Morgan fingerprint density at radius 2 is 1.33 bits per heavy atom. The highest BCUT2D eigenvalue weighted by molar-refractivity contribution is 4.73. The lowest BCUT2D eigenvalue weighted by molar-refractivity contribution is 0.0480. The van der Waals surface area contributed by atoms with E-state index in [1.54, 1.807) is 0 Å². The standard InChI is InChI=1S/C7H16O2.C4H10O2/c1-3-7(4-2,5-8)6-9;1-2-4(6)3-5/h8-9H,3-6H2,1-2H3;4-6H,2-3H2,1H3. The molecule has 0 radical (unpaired) electrons. The maximum Gasteiger partial charge on any atom is 0.0768 e. The summed E-state index contributed by atoms with van der Waals surface area (Å²) in [4.78, 5) is 0. The molecular formula is C11H26O4. The summed E-state index contributed by atoms with van der Waals surface area (Å²) in [6.45, 7) is 5.86. The molecule has 0 aromatic heterocycles. The van der Waals surface area contributed by atoms with E-state index in [0.29, 0.717) is 6.42 Å². The molecule has 0 rings (SSSR count). The number of aliphatic hydroxyl groups is 4. The van der Waals surface area contributed by atoms with E-state index in [1.807, 2.05) is 20.8 Å². The van der Waals surface area contributed by atoms with Crippen molar-refractivity contribution >= 4 is 0 Å². The summed E-state index contributed by atoms with van der Waals surface area (Å²) in [7, 11) is 0. The van der Waals surface area contributed by atoms with E-state index in [1.165, 1.54) is 0 Å². The first-order valence-electron chi connectivity index (χ1n) is 5.56. The smallest absolute Gasteiger partial charge is 0.0768 e. The van der Waals surface area contributed by atoms with Gasteiger partial charge in [0.05, 0.1) is 25.9 Å². The highest BCUT2D eigenvalue weighted by Gasteiger charge is 2.23. The van der Waals surface area contributed by atoms with Crippen LogP contribution in [-0.4, -0.2) is 46.4 Å². The Hall–Kier alpha value is -0.160. The number of hydrogen-bond acceptors (Lipinski definition) is 4. The number of rotatable bonds is 6. The minimum atomic E-state index is -0.509. The van der Waals surface area contributed by atoms with Crippen LogP contribution in [-0.2, 0) is 0 Å². The zero-order chi connectivity index (χ0) is 12.3. The molecule has 0 spiro atoms. The van der Waals surface area contributed by atoms with E-state index in [4.69, 9.17) is 20.4 Å². The Kier molecular flexibility index (Phi) is 11.9. The Labute approximate surface area is 92.6 Å². The molecule has 0 aliphatic rings. The van der Waals surface area contributed by atoms with Crippen molar-refractivity contribution in [2.24, 2.45) is 5.41 Å². The summed E-state index contributed by atoms with van der Waals surface area (Å²) in [5.74, 6) is 0. The van der Waals surface area contributed by atoms with Gasteiger partial charge in [0.15, 0.2) is 0 Å². The van der Waals surface area contributed by atoms with Gasteiger partial charge in [-0.05, 0) is 19.3 Å². The third-order valence-electron chi connectivity index (χ3n) is 2.85. The third kappa shape index (κ3) is 7.73. The van der Waals surface area contributed by atoms with Crippen molar-refractivity contribution in [1.82, 2.24) is 0 Å². The van der Waals surface area contributed by atoms with Gasteiger partial charge in [-0.2, -0.15) is 0 Å². The van der Waals surface area contributed by atoms with E-state index >= 15 is 0 Å². The lowest BCUT2D eigenvalue weighted by Crippen LogP contribution is -2.27. The highest BCUT2D eigenvalue weighted by Crippen LogP contribution is 2.23. The molecule has 4 nitrogen and oxygen atoms in total. The van der Waals surface area contributed by atoms with Crippen LogP contribution in [0.15, 0.2) is 0 Å². The molecule has 0 fully saturated rings. The summed E-state index contributed by atoms with van der Waals surface area (Å²) >= 11 is 0. The summed E-state index contributed by atoms with van der Waals surface area (Å²) in [6.07, 6.45) is 1.81. The zero-order valence-electron chi connectivity index (χ0n) is 10.1. The summed E-state index contributed by atoms with van der Waals surface area (Å²) in [6, 6.07) is 0. The van der Waals surface area contributed by atoms with Crippen LogP contribution < -0.4 is 0 Å². The second-order valence-corrected chi connectivity index (χ2v) is 3.77. The molecule has 0 heterocycles. The molecule has 0 bridgehead atoms. The van der Waals surface area contributed by atoms with Gasteiger partial charge in [0, 0.05) is 5.41 Å². The van der Waals surface area contributed by atoms with Crippen molar-refractivity contribution in [3.05, 3.63) is 0 Å². The first kappa shape index (κ1) is 17.2. The van der Waals surface area contributed by atoms with Crippen LogP contribution in [0.5, 0.6) is 0 Å². The van der Waals surface area contributed by atoms with Crippen molar-refractivity contribution < 1.29 is 20.4 Å². The molecule has 0 saturated heterocycles. The Bertz CT molecular complexity index is 102. The molecule has 0 saturated carbocycles. The van der Waals surface area contributed by atoms with E-state index < -0.39 is 6.10 Å². The largest absolute Gasteiger partial charge is 0.396 e. The lowest BCUT2D eigenvalue weighted by atomic mass is 9.84. The second kappa shape index (κ2) is 10.4. The first-order valence-corrected chi connectivity index (χ1v) is 5.56. The van der Waals surface area contributed by atoms with Crippen LogP contribution in [0, 0.1) is 5.41 Å². The molecule has 4 heteroatoms. The average molecular weight is 222 g/mol. The third-order valence-corrected chi connectivity index (χ3v) is 2.85. The molecule has 94 valence electrons. The lowest BCUT2D eigenvalue weighted by Gasteiger charge is -2.25. The predicted octanol–water partition coefficient (Wildman–Crippen LogP) is 0.527.